The van der Waals surface area contributed by atoms with E-state index >= 15 is 0 Å². The Hall–Kier alpha value is -0.790. The van der Waals surface area contributed by atoms with Gasteiger partial charge in [-0.2, -0.15) is 0 Å². The van der Waals surface area contributed by atoms with Crippen LogP contribution in [0.2, 0.25) is 0 Å². The molecule has 1 aromatic heterocycles. The van der Waals surface area contributed by atoms with Gasteiger partial charge in [0, 0.05) is 41.0 Å². The van der Waals surface area contributed by atoms with Gasteiger partial charge in [0.05, 0.1) is 18.1 Å². The second-order valence-corrected chi connectivity index (χ2v) is 10.7. The summed E-state index contributed by atoms with van der Waals surface area (Å²) < 4.78 is 1.11. The molecule has 0 amide bonds. The maximum absolute atomic E-state index is 10.7. The van der Waals surface area contributed by atoms with Gasteiger partial charge in [-0.1, -0.05) is 30.3 Å². The van der Waals surface area contributed by atoms with Crippen LogP contribution in [0.15, 0.2) is 40.2 Å². The average Bonchev–Trinajstić information content (AvgIpc) is 3.32. The van der Waals surface area contributed by atoms with E-state index in [0.29, 0.717) is 6.04 Å². The maximum atomic E-state index is 10.7. The van der Waals surface area contributed by atoms with E-state index in [0.717, 1.165) is 60.0 Å². The van der Waals surface area contributed by atoms with Crippen molar-refractivity contribution in [1.82, 2.24) is 4.98 Å². The molecule has 152 valence electrons. The van der Waals surface area contributed by atoms with Crippen molar-refractivity contribution in [2.24, 2.45) is 5.41 Å². The van der Waals surface area contributed by atoms with E-state index in [2.05, 4.69) is 22.0 Å². The summed E-state index contributed by atoms with van der Waals surface area (Å²) in [5.41, 5.74) is 1.72. The van der Waals surface area contributed by atoms with Gasteiger partial charge in [0.1, 0.15) is 4.34 Å². The summed E-state index contributed by atoms with van der Waals surface area (Å²) in [5, 5.41) is 22.6. The summed E-state index contributed by atoms with van der Waals surface area (Å²) in [6.45, 7) is 1.01. The van der Waals surface area contributed by atoms with Gasteiger partial charge in [0.25, 0.3) is 0 Å². The number of aliphatic hydroxyl groups excluding tert-OH is 2. The van der Waals surface area contributed by atoms with Crippen LogP contribution in [-0.4, -0.2) is 45.5 Å². The molecule has 3 atom stereocenters. The van der Waals surface area contributed by atoms with E-state index in [1.165, 1.54) is 0 Å². The quantitative estimate of drug-likeness (QED) is 0.461. The molecule has 1 saturated carbocycles. The van der Waals surface area contributed by atoms with E-state index in [4.69, 9.17) is 11.6 Å². The smallest absolute Gasteiger partial charge is 0.149 e. The molecular weight excluding hydrogens is 412 g/mol. The maximum Gasteiger partial charge on any atom is 0.149 e. The first-order valence-electron chi connectivity index (χ1n) is 9.95. The predicted octanol–water partition coefficient (Wildman–Crippen LogP) is 4.71. The Balaban J connectivity index is 1.40. The molecule has 2 N–H and O–H groups in total. The van der Waals surface area contributed by atoms with Gasteiger partial charge in [-0.3, -0.25) is 0 Å². The Morgan fingerprint density at radius 3 is 2.71 bits per heavy atom. The molecule has 1 saturated heterocycles. The number of rotatable bonds is 8. The number of alkyl halides is 1. The summed E-state index contributed by atoms with van der Waals surface area (Å²) in [6, 6.07) is 8.54. The van der Waals surface area contributed by atoms with Crippen molar-refractivity contribution in [3.05, 3.63) is 41.4 Å². The number of nitrogens with zero attached hydrogens (tertiary/aromatic N) is 2. The molecule has 2 fully saturated rings. The van der Waals surface area contributed by atoms with E-state index in [1.807, 2.05) is 23.7 Å². The first kappa shape index (κ1) is 20.5. The molecule has 0 radical (unpaired) electrons. The van der Waals surface area contributed by atoms with E-state index in [9.17, 15) is 10.2 Å². The van der Waals surface area contributed by atoms with Crippen molar-refractivity contribution < 1.29 is 10.2 Å². The highest BCUT2D eigenvalue weighted by molar-refractivity contribution is 8.00. The third-order valence-electron chi connectivity index (χ3n) is 6.30. The molecule has 4 rings (SSSR count). The third-order valence-corrected chi connectivity index (χ3v) is 8.81. The number of anilines is 1. The second-order valence-electron chi connectivity index (χ2n) is 7.87. The van der Waals surface area contributed by atoms with Crippen LogP contribution < -0.4 is 4.90 Å². The van der Waals surface area contributed by atoms with Crippen LogP contribution >= 0.6 is 34.7 Å². The molecular formula is C21H27ClN2O2S2. The zero-order chi connectivity index (χ0) is 19.6. The Morgan fingerprint density at radius 1 is 1.32 bits per heavy atom. The van der Waals surface area contributed by atoms with Crippen molar-refractivity contribution >= 4 is 40.4 Å². The van der Waals surface area contributed by atoms with Crippen LogP contribution in [0.4, 0.5) is 5.69 Å². The normalized spacial score (nSPS) is 24.9. The Labute approximate surface area is 179 Å². The van der Waals surface area contributed by atoms with Crippen LogP contribution in [-0.2, 0) is 0 Å². The number of thioether (sulfide) groups is 1. The zero-order valence-corrected chi connectivity index (χ0v) is 18.2. The number of aliphatic hydroxyl groups is 2. The fourth-order valence-electron chi connectivity index (χ4n) is 4.37. The molecule has 0 bridgehead atoms. The monoisotopic (exact) mass is 438 g/mol. The Bertz CT molecular complexity index is 747. The van der Waals surface area contributed by atoms with Crippen molar-refractivity contribution in [1.29, 1.82) is 0 Å². The van der Waals surface area contributed by atoms with Crippen molar-refractivity contribution in [2.75, 3.05) is 23.8 Å². The molecule has 1 aliphatic heterocycles. The standard InChI is InChI=1S/C21H27ClN2O2S2/c22-17-6-11-24(18(17)7-12-27-20-23-10-13-28-20)16-4-2-15(3-5-16)19(26)21(14-25)8-1-9-21/h2-5,10,13,17-19,25-26H,1,6-9,11-12,14H2. The zero-order valence-electron chi connectivity index (χ0n) is 15.8. The lowest BCUT2D eigenvalue weighted by Crippen LogP contribution is -2.39. The number of benzene rings is 1. The molecule has 2 aliphatic rings. The Kier molecular flexibility index (Phi) is 6.53. The molecule has 3 unspecified atom stereocenters. The van der Waals surface area contributed by atoms with Gasteiger partial charge in [0.15, 0.2) is 0 Å². The average molecular weight is 439 g/mol. The van der Waals surface area contributed by atoms with Gasteiger partial charge in [0.2, 0.25) is 0 Å². The summed E-state index contributed by atoms with van der Waals surface area (Å²) in [6.07, 6.45) is 6.14. The number of halogens is 1. The highest BCUT2D eigenvalue weighted by Gasteiger charge is 2.43. The number of hydrogen-bond donors (Lipinski definition) is 2. The summed E-state index contributed by atoms with van der Waals surface area (Å²) in [4.78, 5) is 6.74. The minimum atomic E-state index is -0.592. The number of thiazole rings is 1. The van der Waals surface area contributed by atoms with Crippen molar-refractivity contribution in [2.45, 2.75) is 54.0 Å². The highest BCUT2D eigenvalue weighted by Crippen LogP contribution is 2.50. The molecule has 28 heavy (non-hydrogen) atoms. The molecule has 0 spiro atoms. The Morgan fingerprint density at radius 2 is 2.11 bits per heavy atom. The summed E-state index contributed by atoms with van der Waals surface area (Å²) >= 11 is 10.1. The lowest BCUT2D eigenvalue weighted by atomic mass is 9.64. The van der Waals surface area contributed by atoms with Gasteiger partial charge in [-0.05, 0) is 43.4 Å². The molecule has 7 heteroatoms. The lowest BCUT2D eigenvalue weighted by molar-refractivity contribution is -0.0734. The van der Waals surface area contributed by atoms with E-state index in [-0.39, 0.29) is 17.4 Å². The summed E-state index contributed by atoms with van der Waals surface area (Å²) in [5.74, 6) is 1.01. The first-order valence-corrected chi connectivity index (χ1v) is 12.2. The summed E-state index contributed by atoms with van der Waals surface area (Å²) in [7, 11) is 0. The fraction of sp³-hybridized carbons (Fsp3) is 0.571. The molecule has 2 aromatic rings. The molecule has 1 aliphatic carbocycles. The van der Waals surface area contributed by atoms with Crippen LogP contribution in [0, 0.1) is 5.41 Å². The highest BCUT2D eigenvalue weighted by atomic mass is 35.5. The topological polar surface area (TPSA) is 56.6 Å². The SMILES string of the molecule is OCC1(C(O)c2ccc(N3CCC(Cl)C3CCSc3nccs3)cc2)CCC1. The lowest BCUT2D eigenvalue weighted by Gasteiger charge is -2.44. The number of hydrogen-bond acceptors (Lipinski definition) is 6. The van der Waals surface area contributed by atoms with Gasteiger partial charge >= 0.3 is 0 Å². The van der Waals surface area contributed by atoms with Crippen LogP contribution in [0.5, 0.6) is 0 Å². The van der Waals surface area contributed by atoms with Crippen LogP contribution in [0.1, 0.15) is 43.8 Å². The molecule has 1 aromatic carbocycles. The van der Waals surface area contributed by atoms with E-state index in [1.54, 1.807) is 23.1 Å². The van der Waals surface area contributed by atoms with Gasteiger partial charge in [-0.15, -0.1) is 22.9 Å². The van der Waals surface area contributed by atoms with Gasteiger partial charge < -0.3 is 15.1 Å². The van der Waals surface area contributed by atoms with Gasteiger partial charge in [-0.25, -0.2) is 4.98 Å². The van der Waals surface area contributed by atoms with E-state index < -0.39 is 6.10 Å². The molecule has 2 heterocycles. The second kappa shape index (κ2) is 8.92. The van der Waals surface area contributed by atoms with Crippen LogP contribution in [0.3, 0.4) is 0 Å². The number of aromatic nitrogens is 1. The third kappa shape index (κ3) is 4.08. The van der Waals surface area contributed by atoms with Crippen molar-refractivity contribution in [3.63, 3.8) is 0 Å². The largest absolute Gasteiger partial charge is 0.396 e. The molecule has 4 nitrogen and oxygen atoms in total. The van der Waals surface area contributed by atoms with Crippen molar-refractivity contribution in [3.8, 4) is 0 Å². The minimum Gasteiger partial charge on any atom is -0.396 e. The van der Waals surface area contributed by atoms with Crippen LogP contribution in [0.25, 0.3) is 0 Å². The predicted molar refractivity (Wildman–Crippen MR) is 118 cm³/mol. The first-order chi connectivity index (χ1) is 13.6. The fourth-order valence-corrected chi connectivity index (χ4v) is 6.45. The minimum absolute atomic E-state index is 0.0504.